The number of nitrogens with one attached hydrogen (secondary N) is 1. The van der Waals surface area contributed by atoms with E-state index < -0.39 is 47.6 Å². The van der Waals surface area contributed by atoms with Crippen LogP contribution in [0.25, 0.3) is 0 Å². The molecule has 262 valence electrons. The van der Waals surface area contributed by atoms with Crippen LogP contribution in [0.3, 0.4) is 0 Å². The van der Waals surface area contributed by atoms with Crippen molar-refractivity contribution in [3.63, 3.8) is 0 Å². The molecule has 3 aliphatic heterocycles. The van der Waals surface area contributed by atoms with E-state index in [1.807, 2.05) is 43.3 Å². The van der Waals surface area contributed by atoms with Crippen LogP contribution in [0.2, 0.25) is 5.02 Å². The van der Waals surface area contributed by atoms with Gasteiger partial charge in [0.1, 0.15) is 17.7 Å². The van der Waals surface area contributed by atoms with E-state index in [1.54, 1.807) is 24.3 Å². The molecular weight excluding hydrogens is 714 g/mol. The van der Waals surface area contributed by atoms with Crippen LogP contribution in [-0.4, -0.2) is 82.5 Å². The molecule has 3 amide bonds. The molecule has 1 spiro atoms. The highest BCUT2D eigenvalue weighted by Crippen LogP contribution is 2.60. The summed E-state index contributed by atoms with van der Waals surface area (Å²) in [6.45, 7) is 9.66. The first-order valence-electron chi connectivity index (χ1n) is 16.6. The number of alkyl halides is 1. The van der Waals surface area contributed by atoms with Gasteiger partial charge in [-0.2, -0.15) is 0 Å². The number of aliphatic hydroxyl groups excluding tert-OH is 1. The molecule has 0 radical (unpaired) electrons. The van der Waals surface area contributed by atoms with Gasteiger partial charge in [-0.25, -0.2) is 0 Å². The lowest BCUT2D eigenvalue weighted by Crippen LogP contribution is -2.57. The minimum Gasteiger partial charge on any atom is -0.455 e. The fourth-order valence-corrected chi connectivity index (χ4v) is 8.75. The second-order valence-electron chi connectivity index (χ2n) is 12.7. The average molecular weight is 757 g/mol. The van der Waals surface area contributed by atoms with Gasteiger partial charge in [0.05, 0.1) is 35.2 Å². The number of aliphatic hydroxyl groups is 1. The molecule has 3 fully saturated rings. The molecule has 12 heteroatoms. The molecule has 1 unspecified atom stereocenters. The number of nitrogens with zero attached hydrogens (tertiary/aromatic N) is 2. The summed E-state index contributed by atoms with van der Waals surface area (Å²) in [6.07, 6.45) is 3.64. The van der Waals surface area contributed by atoms with Crippen LogP contribution >= 0.6 is 27.5 Å². The van der Waals surface area contributed by atoms with E-state index in [0.717, 1.165) is 5.56 Å². The zero-order valence-electron chi connectivity index (χ0n) is 27.6. The van der Waals surface area contributed by atoms with Gasteiger partial charge >= 0.3 is 5.97 Å². The van der Waals surface area contributed by atoms with Crippen LogP contribution in [-0.2, 0) is 28.7 Å². The number of allylic oxidation sites excluding steroid dienone is 1. The van der Waals surface area contributed by atoms with Crippen molar-refractivity contribution in [2.45, 2.75) is 67.7 Å². The number of esters is 1. The Kier molecular flexibility index (Phi) is 12.0. The second-order valence-corrected chi connectivity index (χ2v) is 14.3. The highest BCUT2D eigenvalue weighted by Gasteiger charge is 2.77. The number of hydrogen-bond donors (Lipinski definition) is 2. The van der Waals surface area contributed by atoms with Crippen LogP contribution in [0.1, 0.15) is 49.3 Å². The molecule has 7 atom stereocenters. The summed E-state index contributed by atoms with van der Waals surface area (Å²) in [5.41, 5.74) is 0.635. The molecule has 2 N–H and O–H groups in total. The molecule has 10 nitrogen and oxygen atoms in total. The summed E-state index contributed by atoms with van der Waals surface area (Å²) >= 11 is 10.4. The average Bonchev–Trinajstić information content (AvgIpc) is 3.68. The topological polar surface area (TPSA) is 125 Å². The Morgan fingerprint density at radius 3 is 2.61 bits per heavy atom. The van der Waals surface area contributed by atoms with Crippen LogP contribution in [0.5, 0.6) is 0 Å². The van der Waals surface area contributed by atoms with Crippen molar-refractivity contribution in [2.24, 2.45) is 11.8 Å². The number of carbonyl (C=O) groups excluding carboxylic acids is 4. The maximum absolute atomic E-state index is 14.8. The number of anilines is 1. The van der Waals surface area contributed by atoms with Gasteiger partial charge in [0.15, 0.2) is 0 Å². The Balaban J connectivity index is 1.50. The fraction of sp³-hybridized carbons (Fsp3) is 0.459. The van der Waals surface area contributed by atoms with E-state index in [1.165, 1.54) is 9.80 Å². The number of unbranched alkanes of at least 4 members (excludes halogenated alkanes) is 1. The van der Waals surface area contributed by atoms with Gasteiger partial charge in [-0.05, 0) is 49.8 Å². The number of likely N-dealkylation sites (tertiary alicyclic amines) is 1. The molecule has 3 aliphatic rings. The van der Waals surface area contributed by atoms with E-state index in [9.17, 15) is 24.3 Å². The quantitative estimate of drug-likeness (QED) is 0.106. The molecule has 2 aromatic carbocycles. The molecule has 3 saturated heterocycles. The Bertz CT molecular complexity index is 1550. The van der Waals surface area contributed by atoms with Crippen molar-refractivity contribution >= 4 is 56.9 Å². The third-order valence-corrected chi connectivity index (χ3v) is 10.8. The number of aryl methyl sites for hydroxylation is 1. The van der Waals surface area contributed by atoms with Crippen LogP contribution < -0.4 is 10.2 Å². The molecule has 2 aromatic rings. The van der Waals surface area contributed by atoms with Crippen molar-refractivity contribution in [3.8, 4) is 0 Å². The first-order chi connectivity index (χ1) is 23.6. The summed E-state index contributed by atoms with van der Waals surface area (Å²) in [5.74, 6) is -3.61. The number of rotatable bonds is 16. The van der Waals surface area contributed by atoms with E-state index in [2.05, 4.69) is 34.4 Å². The van der Waals surface area contributed by atoms with Gasteiger partial charge in [0, 0.05) is 30.9 Å². The predicted molar refractivity (Wildman–Crippen MR) is 190 cm³/mol. The normalized spacial score (nSPS) is 25.8. The first kappa shape index (κ1) is 36.8. The summed E-state index contributed by atoms with van der Waals surface area (Å²) < 4.78 is 12.8. The van der Waals surface area contributed by atoms with Gasteiger partial charge in [-0.3, -0.25) is 19.2 Å². The number of fused-ring (bicyclic) bond motifs is 1. The van der Waals surface area contributed by atoms with Gasteiger partial charge in [0.2, 0.25) is 11.8 Å². The van der Waals surface area contributed by atoms with Crippen LogP contribution in [0, 0.1) is 18.8 Å². The molecule has 5 rings (SSSR count). The van der Waals surface area contributed by atoms with E-state index in [-0.39, 0.29) is 49.3 Å². The highest BCUT2D eigenvalue weighted by molar-refractivity contribution is 9.09. The summed E-state index contributed by atoms with van der Waals surface area (Å²) in [6, 6.07) is 13.4. The standard InChI is InChI=1S/C37H43BrClN3O7/c1-4-6-17-28(44)40-22-27(24-14-8-7-9-15-24)48-36(47)29-30-34(45)42(19-10-11-20-43)33(37(30)21-25(38)32(29)49-37)35(46)41(18-5-2)31-23(3)13-12-16-26(31)39/h4-5,7-9,12-16,25,27,29-30,32-33,43H,1-2,6,10-11,17-22H2,3H3,(H,40,44)/t25?,27-,29-,30+,32-,33-,37+/m1/s1. The number of para-hydroxylation sites is 1. The molecule has 3 heterocycles. The molecule has 49 heavy (non-hydrogen) atoms. The van der Waals surface area contributed by atoms with E-state index in [0.29, 0.717) is 42.0 Å². The van der Waals surface area contributed by atoms with Crippen molar-refractivity contribution in [2.75, 3.05) is 31.1 Å². The smallest absolute Gasteiger partial charge is 0.313 e. The first-order valence-corrected chi connectivity index (χ1v) is 17.9. The number of amides is 3. The van der Waals surface area contributed by atoms with E-state index in [4.69, 9.17) is 21.1 Å². The highest BCUT2D eigenvalue weighted by atomic mass is 79.9. The molecule has 2 bridgehead atoms. The largest absolute Gasteiger partial charge is 0.455 e. The van der Waals surface area contributed by atoms with Gasteiger partial charge in [-0.15, -0.1) is 13.2 Å². The fourth-order valence-electron chi connectivity index (χ4n) is 7.49. The van der Waals surface area contributed by atoms with Crippen LogP contribution in [0.4, 0.5) is 5.69 Å². The Morgan fingerprint density at radius 1 is 1.18 bits per heavy atom. The van der Waals surface area contributed by atoms with Gasteiger partial charge < -0.3 is 29.7 Å². The second kappa shape index (κ2) is 16.0. The third kappa shape index (κ3) is 7.22. The summed E-state index contributed by atoms with van der Waals surface area (Å²) in [5, 5.41) is 12.8. The molecule has 0 aliphatic carbocycles. The van der Waals surface area contributed by atoms with Gasteiger partial charge in [0.25, 0.3) is 5.91 Å². The summed E-state index contributed by atoms with van der Waals surface area (Å²) in [7, 11) is 0. The number of hydrogen-bond acceptors (Lipinski definition) is 7. The zero-order valence-corrected chi connectivity index (χ0v) is 29.9. The lowest BCUT2D eigenvalue weighted by atomic mass is 9.70. The van der Waals surface area contributed by atoms with E-state index >= 15 is 0 Å². The molecular formula is C37H43BrClN3O7. The minimum atomic E-state index is -1.33. The van der Waals surface area contributed by atoms with Crippen molar-refractivity contribution in [1.82, 2.24) is 10.2 Å². The van der Waals surface area contributed by atoms with Crippen LogP contribution in [0.15, 0.2) is 73.8 Å². The molecule has 0 saturated carbocycles. The number of carbonyl (C=O) groups is 4. The predicted octanol–water partition coefficient (Wildman–Crippen LogP) is 5.05. The number of benzene rings is 2. The Labute approximate surface area is 300 Å². The maximum Gasteiger partial charge on any atom is 0.313 e. The van der Waals surface area contributed by atoms with Gasteiger partial charge in [-0.1, -0.05) is 82.1 Å². The SMILES string of the molecule is C=CCCC(=O)NC[C@@H](OC(=O)[C@H]1[C@@H]2O[C@@]3(CC2Br)[C@@H]1C(=O)N(CCCCO)[C@@H]3C(=O)N(CC=C)c1c(C)cccc1Cl)c1ccccc1. The Hall–Kier alpha value is -3.51. The zero-order chi connectivity index (χ0) is 35.3. The number of halogens is 2. The summed E-state index contributed by atoms with van der Waals surface area (Å²) in [4.78, 5) is 58.8. The Morgan fingerprint density at radius 2 is 1.94 bits per heavy atom. The third-order valence-electron chi connectivity index (χ3n) is 9.63. The lowest BCUT2D eigenvalue weighted by molar-refractivity contribution is -0.160. The minimum absolute atomic E-state index is 0.0353. The monoisotopic (exact) mass is 755 g/mol. The van der Waals surface area contributed by atoms with Crippen molar-refractivity contribution in [3.05, 3.63) is 90.0 Å². The number of ether oxygens (including phenoxy) is 2. The van der Waals surface area contributed by atoms with Crippen molar-refractivity contribution < 1.29 is 33.8 Å². The molecule has 0 aromatic heterocycles. The maximum atomic E-state index is 14.8. The van der Waals surface area contributed by atoms with Crippen molar-refractivity contribution in [1.29, 1.82) is 0 Å². The lowest BCUT2D eigenvalue weighted by Gasteiger charge is -2.37.